The number of halogens is 1. The zero-order valence-corrected chi connectivity index (χ0v) is 17.8. The number of hydrogen-bond acceptors (Lipinski definition) is 4. The molecule has 0 saturated carbocycles. The molecule has 0 aliphatic heterocycles. The Morgan fingerprint density at radius 2 is 1.86 bits per heavy atom. The molecule has 0 spiro atoms. The second kappa shape index (κ2) is 11.5. The third-order valence-corrected chi connectivity index (χ3v) is 5.46. The van der Waals surface area contributed by atoms with Gasteiger partial charge in [-0.25, -0.2) is 4.39 Å². The van der Waals surface area contributed by atoms with E-state index in [1.165, 1.54) is 22.7 Å². The van der Waals surface area contributed by atoms with E-state index in [2.05, 4.69) is 5.32 Å². The van der Waals surface area contributed by atoms with E-state index in [1.54, 1.807) is 32.2 Å². The molecule has 0 aliphatic carbocycles. The summed E-state index contributed by atoms with van der Waals surface area (Å²) < 4.78 is 19.2. The molecule has 2 aromatic rings. The lowest BCUT2D eigenvalue weighted by atomic mass is 10.1. The van der Waals surface area contributed by atoms with Gasteiger partial charge in [-0.3, -0.25) is 9.59 Å². The molecular weight excluding hydrogens is 391 g/mol. The average molecular weight is 419 g/mol. The molecule has 0 unspecified atom stereocenters. The maximum Gasteiger partial charge on any atom is 0.242 e. The number of likely N-dealkylation sites (N-methyl/N-ethyl adjacent to an activating group) is 1. The van der Waals surface area contributed by atoms with Crippen LogP contribution in [0.4, 0.5) is 4.39 Å². The number of rotatable bonds is 10. The van der Waals surface area contributed by atoms with Crippen molar-refractivity contribution in [3.05, 3.63) is 65.5 Å². The molecule has 7 heteroatoms. The first-order valence-electron chi connectivity index (χ1n) is 9.47. The fraction of sp³-hybridized carbons (Fsp3) is 0.364. The van der Waals surface area contributed by atoms with E-state index in [0.717, 1.165) is 11.3 Å². The van der Waals surface area contributed by atoms with Gasteiger partial charge in [0.1, 0.15) is 17.6 Å². The Balaban J connectivity index is 2.04. The third kappa shape index (κ3) is 6.78. The van der Waals surface area contributed by atoms with Gasteiger partial charge in [-0.15, -0.1) is 11.8 Å². The minimum Gasteiger partial charge on any atom is -0.497 e. The first kappa shape index (κ1) is 22.7. The lowest BCUT2D eigenvalue weighted by Crippen LogP contribution is -2.48. The van der Waals surface area contributed by atoms with Crippen molar-refractivity contribution in [3.63, 3.8) is 0 Å². The summed E-state index contributed by atoms with van der Waals surface area (Å²) in [5, 5.41) is 2.73. The van der Waals surface area contributed by atoms with Crippen LogP contribution in [0.15, 0.2) is 48.5 Å². The molecule has 0 radical (unpaired) electrons. The lowest BCUT2D eigenvalue weighted by molar-refractivity contribution is -0.138. The summed E-state index contributed by atoms with van der Waals surface area (Å²) in [6.07, 6.45) is 0. The highest BCUT2D eigenvalue weighted by Gasteiger charge is 2.26. The quantitative estimate of drug-likeness (QED) is 0.640. The first-order valence-corrected chi connectivity index (χ1v) is 10.6. The number of ether oxygens (including phenoxy) is 1. The molecule has 0 aromatic heterocycles. The summed E-state index contributed by atoms with van der Waals surface area (Å²) in [6, 6.07) is 13.3. The molecule has 156 valence electrons. The topological polar surface area (TPSA) is 58.6 Å². The second-order valence-corrected chi connectivity index (χ2v) is 7.51. The Hall–Kier alpha value is -2.54. The molecule has 2 rings (SSSR count). The SMILES string of the molecule is CCNC(=O)[C@@H](C)N(Cc1ccccc1F)C(=O)CSCc1ccc(OC)cc1. The van der Waals surface area contributed by atoms with Crippen molar-refractivity contribution in [1.29, 1.82) is 0 Å². The maximum atomic E-state index is 14.1. The predicted molar refractivity (Wildman–Crippen MR) is 114 cm³/mol. The number of methoxy groups -OCH3 is 1. The third-order valence-electron chi connectivity index (χ3n) is 4.47. The van der Waals surface area contributed by atoms with Crippen molar-refractivity contribution in [2.24, 2.45) is 0 Å². The van der Waals surface area contributed by atoms with Crippen molar-refractivity contribution >= 4 is 23.6 Å². The van der Waals surface area contributed by atoms with Gasteiger partial charge in [0.15, 0.2) is 0 Å². The van der Waals surface area contributed by atoms with Crippen LogP contribution in [0.2, 0.25) is 0 Å². The van der Waals surface area contributed by atoms with Crippen molar-refractivity contribution in [2.75, 3.05) is 19.4 Å². The van der Waals surface area contributed by atoms with E-state index >= 15 is 0 Å². The smallest absolute Gasteiger partial charge is 0.242 e. The van der Waals surface area contributed by atoms with Crippen molar-refractivity contribution < 1.29 is 18.7 Å². The van der Waals surface area contributed by atoms with Gasteiger partial charge in [0, 0.05) is 24.4 Å². The number of carbonyl (C=O) groups is 2. The largest absolute Gasteiger partial charge is 0.497 e. The summed E-state index contributed by atoms with van der Waals surface area (Å²) in [5.74, 6) is 0.784. The van der Waals surface area contributed by atoms with Crippen LogP contribution in [-0.4, -0.2) is 42.2 Å². The molecule has 29 heavy (non-hydrogen) atoms. The number of nitrogens with zero attached hydrogens (tertiary/aromatic N) is 1. The molecule has 0 bridgehead atoms. The highest BCUT2D eigenvalue weighted by Crippen LogP contribution is 2.19. The van der Waals surface area contributed by atoms with Gasteiger partial charge >= 0.3 is 0 Å². The van der Waals surface area contributed by atoms with E-state index in [-0.39, 0.29) is 29.9 Å². The highest BCUT2D eigenvalue weighted by molar-refractivity contribution is 7.99. The monoisotopic (exact) mass is 418 g/mol. The molecule has 0 aliphatic rings. The number of thioether (sulfide) groups is 1. The molecule has 0 saturated heterocycles. The Morgan fingerprint density at radius 1 is 1.17 bits per heavy atom. The summed E-state index contributed by atoms with van der Waals surface area (Å²) >= 11 is 1.46. The normalized spacial score (nSPS) is 11.6. The molecule has 5 nitrogen and oxygen atoms in total. The first-order chi connectivity index (χ1) is 14.0. The Morgan fingerprint density at radius 3 is 2.48 bits per heavy atom. The maximum absolute atomic E-state index is 14.1. The van der Waals surface area contributed by atoms with Gasteiger partial charge in [-0.2, -0.15) is 0 Å². The van der Waals surface area contributed by atoms with E-state index in [1.807, 2.05) is 31.2 Å². The standard InChI is InChI=1S/C22H27FN2O3S/c1-4-24-22(27)16(2)25(13-18-7-5-6-8-20(18)23)21(26)15-29-14-17-9-11-19(28-3)12-10-17/h5-12,16H,4,13-15H2,1-3H3,(H,24,27)/t16-/m1/s1. The number of benzene rings is 2. The van der Waals surface area contributed by atoms with Crippen molar-refractivity contribution in [3.8, 4) is 5.75 Å². The van der Waals surface area contributed by atoms with E-state index < -0.39 is 6.04 Å². The van der Waals surface area contributed by atoms with Crippen LogP contribution in [0, 0.1) is 5.82 Å². The molecule has 1 atom stereocenters. The Kier molecular flexibility index (Phi) is 8.99. The van der Waals surface area contributed by atoms with Crippen LogP contribution in [-0.2, 0) is 21.9 Å². The molecule has 0 heterocycles. The second-order valence-electron chi connectivity index (χ2n) is 6.52. The minimum absolute atomic E-state index is 0.0485. The van der Waals surface area contributed by atoms with Crippen LogP contribution in [0.3, 0.4) is 0 Å². The van der Waals surface area contributed by atoms with E-state index in [0.29, 0.717) is 17.9 Å². The zero-order valence-electron chi connectivity index (χ0n) is 17.0. The molecular formula is C22H27FN2O3S. The average Bonchev–Trinajstić information content (AvgIpc) is 2.73. The van der Waals surface area contributed by atoms with Gasteiger partial charge in [-0.05, 0) is 37.6 Å². The summed E-state index contributed by atoms with van der Waals surface area (Å²) in [5.41, 5.74) is 1.46. The number of amides is 2. The Bertz CT molecular complexity index is 814. The van der Waals surface area contributed by atoms with Crippen LogP contribution < -0.4 is 10.1 Å². The predicted octanol–water partition coefficient (Wildman–Crippen LogP) is 3.62. The number of nitrogens with one attached hydrogen (secondary N) is 1. The van der Waals surface area contributed by atoms with Crippen LogP contribution in [0.1, 0.15) is 25.0 Å². The lowest BCUT2D eigenvalue weighted by Gasteiger charge is -2.28. The van der Waals surface area contributed by atoms with E-state index in [4.69, 9.17) is 4.74 Å². The molecule has 0 fully saturated rings. The molecule has 2 amide bonds. The van der Waals surface area contributed by atoms with E-state index in [9.17, 15) is 14.0 Å². The number of hydrogen-bond donors (Lipinski definition) is 1. The fourth-order valence-electron chi connectivity index (χ4n) is 2.78. The van der Waals surface area contributed by atoms with Crippen molar-refractivity contribution in [2.45, 2.75) is 32.2 Å². The van der Waals surface area contributed by atoms with Gasteiger partial charge < -0.3 is 15.0 Å². The minimum atomic E-state index is -0.691. The van der Waals surface area contributed by atoms with Crippen LogP contribution >= 0.6 is 11.8 Å². The highest BCUT2D eigenvalue weighted by atomic mass is 32.2. The zero-order chi connectivity index (χ0) is 21.2. The van der Waals surface area contributed by atoms with Gasteiger partial charge in [-0.1, -0.05) is 30.3 Å². The summed E-state index contributed by atoms with van der Waals surface area (Å²) in [6.45, 7) is 4.00. The Labute approximate surface area is 175 Å². The van der Waals surface area contributed by atoms with Crippen molar-refractivity contribution in [1.82, 2.24) is 10.2 Å². The van der Waals surface area contributed by atoms with Gasteiger partial charge in [0.25, 0.3) is 0 Å². The van der Waals surface area contributed by atoms with Gasteiger partial charge in [0.2, 0.25) is 11.8 Å². The molecule has 1 N–H and O–H groups in total. The summed E-state index contributed by atoms with van der Waals surface area (Å²) in [7, 11) is 1.61. The van der Waals surface area contributed by atoms with Gasteiger partial charge in [0.05, 0.1) is 12.9 Å². The van der Waals surface area contributed by atoms with Crippen LogP contribution in [0.25, 0.3) is 0 Å². The summed E-state index contributed by atoms with van der Waals surface area (Å²) in [4.78, 5) is 26.6. The molecule has 2 aromatic carbocycles. The fourth-order valence-corrected chi connectivity index (χ4v) is 3.65. The van der Waals surface area contributed by atoms with Crippen LogP contribution in [0.5, 0.6) is 5.75 Å². The number of carbonyl (C=O) groups excluding carboxylic acids is 2.